The molecule has 2 N–H and O–H groups in total. The molecule has 2 aromatic rings. The molecule has 4 nitrogen and oxygen atoms in total. The highest BCUT2D eigenvalue weighted by Crippen LogP contribution is 2.25. The SMILES string of the molecule is COc1ccc(-c2cc(CCN)on2)cc1F. The molecule has 0 unspecified atom stereocenters. The van der Waals surface area contributed by atoms with E-state index in [1.165, 1.54) is 13.2 Å². The minimum atomic E-state index is -0.423. The van der Waals surface area contributed by atoms with Crippen LogP contribution in [0, 0.1) is 5.82 Å². The topological polar surface area (TPSA) is 61.3 Å². The van der Waals surface area contributed by atoms with Crippen LogP contribution in [0.2, 0.25) is 0 Å². The average molecular weight is 236 g/mol. The predicted molar refractivity (Wildman–Crippen MR) is 61.2 cm³/mol. The molecule has 0 fully saturated rings. The Balaban J connectivity index is 2.29. The molecule has 0 aliphatic carbocycles. The number of hydrogen-bond donors (Lipinski definition) is 1. The third kappa shape index (κ3) is 2.45. The minimum Gasteiger partial charge on any atom is -0.494 e. The molecule has 0 saturated carbocycles. The molecule has 90 valence electrons. The summed E-state index contributed by atoms with van der Waals surface area (Å²) in [5, 5.41) is 3.86. The number of rotatable bonds is 4. The highest BCUT2D eigenvalue weighted by molar-refractivity contribution is 5.60. The molecule has 1 aromatic heterocycles. The maximum absolute atomic E-state index is 13.5. The van der Waals surface area contributed by atoms with E-state index in [1.54, 1.807) is 18.2 Å². The third-order valence-corrected chi connectivity index (χ3v) is 2.40. The van der Waals surface area contributed by atoms with Crippen molar-refractivity contribution < 1.29 is 13.7 Å². The van der Waals surface area contributed by atoms with Crippen molar-refractivity contribution in [3.63, 3.8) is 0 Å². The summed E-state index contributed by atoms with van der Waals surface area (Å²) in [7, 11) is 1.42. The summed E-state index contributed by atoms with van der Waals surface area (Å²) < 4.78 is 23.4. The van der Waals surface area contributed by atoms with Crippen molar-refractivity contribution in [2.45, 2.75) is 6.42 Å². The van der Waals surface area contributed by atoms with E-state index in [4.69, 9.17) is 15.0 Å². The Morgan fingerprint density at radius 1 is 1.41 bits per heavy atom. The summed E-state index contributed by atoms with van der Waals surface area (Å²) in [5.74, 6) is 0.478. The maximum atomic E-state index is 13.5. The molecule has 0 aliphatic heterocycles. The molecule has 0 radical (unpaired) electrons. The molecule has 0 atom stereocenters. The van der Waals surface area contributed by atoms with Crippen molar-refractivity contribution in [1.82, 2.24) is 5.16 Å². The lowest BCUT2D eigenvalue weighted by atomic mass is 10.1. The van der Waals surface area contributed by atoms with Crippen molar-refractivity contribution in [1.29, 1.82) is 0 Å². The number of methoxy groups -OCH3 is 1. The summed E-state index contributed by atoms with van der Waals surface area (Å²) in [6.07, 6.45) is 0.617. The summed E-state index contributed by atoms with van der Waals surface area (Å²) in [6.45, 7) is 0.492. The predicted octanol–water partition coefficient (Wildman–Crippen LogP) is 1.99. The second-order valence-corrected chi connectivity index (χ2v) is 3.57. The third-order valence-electron chi connectivity index (χ3n) is 2.40. The summed E-state index contributed by atoms with van der Waals surface area (Å²) >= 11 is 0. The molecule has 2 rings (SSSR count). The van der Waals surface area contributed by atoms with Gasteiger partial charge in [0.25, 0.3) is 0 Å². The van der Waals surface area contributed by atoms with Gasteiger partial charge in [-0.1, -0.05) is 5.16 Å². The number of hydrogen-bond acceptors (Lipinski definition) is 4. The number of nitrogens with two attached hydrogens (primary N) is 1. The van der Waals surface area contributed by atoms with Crippen LogP contribution in [0.4, 0.5) is 4.39 Å². The molecule has 0 bridgehead atoms. The zero-order chi connectivity index (χ0) is 12.3. The smallest absolute Gasteiger partial charge is 0.165 e. The lowest BCUT2D eigenvalue weighted by Crippen LogP contribution is -2.01. The first-order valence-electron chi connectivity index (χ1n) is 5.24. The van der Waals surface area contributed by atoms with Gasteiger partial charge < -0.3 is 15.0 Å². The first-order valence-corrected chi connectivity index (χ1v) is 5.24. The Morgan fingerprint density at radius 3 is 2.88 bits per heavy atom. The molecule has 5 heteroatoms. The van der Waals surface area contributed by atoms with Gasteiger partial charge in [-0.2, -0.15) is 0 Å². The zero-order valence-corrected chi connectivity index (χ0v) is 9.44. The average Bonchev–Trinajstić information content (AvgIpc) is 2.78. The highest BCUT2D eigenvalue weighted by atomic mass is 19.1. The van der Waals surface area contributed by atoms with E-state index in [2.05, 4.69) is 5.16 Å². The Bertz CT molecular complexity index is 511. The van der Waals surface area contributed by atoms with Crippen molar-refractivity contribution in [3.8, 4) is 17.0 Å². The van der Waals surface area contributed by atoms with Gasteiger partial charge in [0.2, 0.25) is 0 Å². The van der Waals surface area contributed by atoms with E-state index in [0.717, 1.165) is 0 Å². The molecule has 0 aliphatic rings. The van der Waals surface area contributed by atoms with Crippen molar-refractivity contribution in [3.05, 3.63) is 35.8 Å². The first-order chi connectivity index (χ1) is 8.24. The molecular weight excluding hydrogens is 223 g/mol. The number of aromatic nitrogens is 1. The molecule has 1 heterocycles. The molecule has 1 aromatic carbocycles. The number of nitrogens with zero attached hydrogens (tertiary/aromatic N) is 1. The number of halogens is 1. The van der Waals surface area contributed by atoms with Crippen LogP contribution in [0.1, 0.15) is 5.76 Å². The minimum absolute atomic E-state index is 0.208. The first kappa shape index (κ1) is 11.6. The van der Waals surface area contributed by atoms with Gasteiger partial charge >= 0.3 is 0 Å². The van der Waals surface area contributed by atoms with Gasteiger partial charge in [0.1, 0.15) is 11.5 Å². The van der Waals surface area contributed by atoms with E-state index in [-0.39, 0.29) is 5.75 Å². The highest BCUT2D eigenvalue weighted by Gasteiger charge is 2.09. The summed E-state index contributed by atoms with van der Waals surface area (Å²) in [4.78, 5) is 0. The van der Waals surface area contributed by atoms with E-state index >= 15 is 0 Å². The van der Waals surface area contributed by atoms with Crippen LogP contribution in [0.15, 0.2) is 28.8 Å². The van der Waals surface area contributed by atoms with Crippen LogP contribution < -0.4 is 10.5 Å². The van der Waals surface area contributed by atoms with E-state index in [0.29, 0.717) is 30.0 Å². The van der Waals surface area contributed by atoms with E-state index in [1.807, 2.05) is 0 Å². The fourth-order valence-corrected chi connectivity index (χ4v) is 1.53. The van der Waals surface area contributed by atoms with Crippen LogP contribution in [0.25, 0.3) is 11.3 Å². The number of benzene rings is 1. The molecule has 0 saturated heterocycles. The maximum Gasteiger partial charge on any atom is 0.165 e. The quantitative estimate of drug-likeness (QED) is 0.881. The van der Waals surface area contributed by atoms with Gasteiger partial charge in [-0.3, -0.25) is 0 Å². The summed E-state index contributed by atoms with van der Waals surface area (Å²) in [6, 6.07) is 6.41. The number of ether oxygens (including phenoxy) is 1. The normalized spacial score (nSPS) is 10.5. The monoisotopic (exact) mass is 236 g/mol. The van der Waals surface area contributed by atoms with Gasteiger partial charge in [-0.15, -0.1) is 0 Å². The second-order valence-electron chi connectivity index (χ2n) is 3.57. The van der Waals surface area contributed by atoms with E-state index in [9.17, 15) is 4.39 Å². The standard InChI is InChI=1S/C12H13FN2O2/c1-16-12-3-2-8(6-10(12)13)11-7-9(4-5-14)17-15-11/h2-3,6-7H,4-5,14H2,1H3. The van der Waals surface area contributed by atoms with Crippen molar-refractivity contribution in [2.24, 2.45) is 5.73 Å². The summed E-state index contributed by atoms with van der Waals surface area (Å²) in [5.41, 5.74) is 6.65. The fourth-order valence-electron chi connectivity index (χ4n) is 1.53. The molecular formula is C12H13FN2O2. The molecule has 0 amide bonds. The van der Waals surface area contributed by atoms with Crippen LogP contribution in [0.5, 0.6) is 5.75 Å². The Morgan fingerprint density at radius 2 is 2.24 bits per heavy atom. The van der Waals surface area contributed by atoms with E-state index < -0.39 is 5.82 Å². The largest absolute Gasteiger partial charge is 0.494 e. The van der Waals surface area contributed by atoms with Gasteiger partial charge in [-0.05, 0) is 24.7 Å². The lowest BCUT2D eigenvalue weighted by molar-refractivity contribution is 0.384. The van der Waals surface area contributed by atoms with Gasteiger partial charge in [-0.25, -0.2) is 4.39 Å². The van der Waals surface area contributed by atoms with Crippen LogP contribution in [0.3, 0.4) is 0 Å². The molecule has 17 heavy (non-hydrogen) atoms. The lowest BCUT2D eigenvalue weighted by Gasteiger charge is -2.02. The molecule has 0 spiro atoms. The van der Waals surface area contributed by atoms with Crippen molar-refractivity contribution in [2.75, 3.05) is 13.7 Å². The van der Waals surface area contributed by atoms with Crippen LogP contribution in [-0.2, 0) is 6.42 Å². The fraction of sp³-hybridized carbons (Fsp3) is 0.250. The van der Waals surface area contributed by atoms with Crippen LogP contribution >= 0.6 is 0 Å². The Kier molecular flexibility index (Phi) is 3.39. The van der Waals surface area contributed by atoms with Gasteiger partial charge in [0.05, 0.1) is 7.11 Å². The Labute approximate surface area is 98.2 Å². The Hall–Kier alpha value is -1.88. The second kappa shape index (κ2) is 4.97. The van der Waals surface area contributed by atoms with Gasteiger partial charge in [0.15, 0.2) is 11.6 Å². The van der Waals surface area contributed by atoms with Gasteiger partial charge in [0, 0.05) is 18.1 Å². The van der Waals surface area contributed by atoms with Crippen LogP contribution in [-0.4, -0.2) is 18.8 Å². The van der Waals surface area contributed by atoms with Crippen molar-refractivity contribution >= 4 is 0 Å². The zero-order valence-electron chi connectivity index (χ0n) is 9.44.